The molecule has 10 heteroatoms. The summed E-state index contributed by atoms with van der Waals surface area (Å²) in [5.41, 5.74) is 0. The number of hydrogen-bond acceptors (Lipinski definition) is 7. The molecule has 1 unspecified atom stereocenters. The molecule has 0 amide bonds. The number of phosphoric ester groups is 1. The average molecular weight is 807 g/mol. The Morgan fingerprint density at radius 1 is 0.571 bits per heavy atom. The first-order valence-corrected chi connectivity index (χ1v) is 23.2. The quantitative estimate of drug-likeness (QED) is 0.0216. The number of carbonyl (C=O) groups excluding carboxylic acids is 2. The van der Waals surface area contributed by atoms with Crippen LogP contribution in [0.2, 0.25) is 0 Å². The highest BCUT2D eigenvalue weighted by Gasteiger charge is 2.27. The zero-order valence-electron chi connectivity index (χ0n) is 36.1. The Balaban J connectivity index is 4.45. The molecule has 0 aromatic rings. The van der Waals surface area contributed by atoms with Crippen LogP contribution in [0.3, 0.4) is 0 Å². The molecule has 322 valence electrons. The van der Waals surface area contributed by atoms with Crippen LogP contribution in [0.5, 0.6) is 0 Å². The highest BCUT2D eigenvalue weighted by atomic mass is 31.2. The molecule has 2 atom stereocenters. The van der Waals surface area contributed by atoms with Gasteiger partial charge in [0.1, 0.15) is 19.8 Å². The molecule has 0 saturated carbocycles. The predicted octanol–water partition coefficient (Wildman–Crippen LogP) is 12.2. The van der Waals surface area contributed by atoms with Crippen LogP contribution in [-0.4, -0.2) is 74.9 Å². The maximum absolute atomic E-state index is 12.7. The van der Waals surface area contributed by atoms with Gasteiger partial charge in [-0.1, -0.05) is 132 Å². The van der Waals surface area contributed by atoms with E-state index in [2.05, 4.69) is 86.8 Å². The third-order valence-electron chi connectivity index (χ3n) is 8.72. The molecule has 0 aliphatic rings. The highest BCUT2D eigenvalue weighted by Crippen LogP contribution is 2.43. The van der Waals surface area contributed by atoms with E-state index in [0.29, 0.717) is 17.4 Å². The zero-order chi connectivity index (χ0) is 41.4. The van der Waals surface area contributed by atoms with Crippen LogP contribution in [0.25, 0.3) is 0 Å². The van der Waals surface area contributed by atoms with E-state index in [0.717, 1.165) is 77.0 Å². The number of hydrogen-bond donors (Lipinski definition) is 1. The number of nitrogens with zero attached hydrogens (tertiary/aromatic N) is 1. The van der Waals surface area contributed by atoms with E-state index in [9.17, 15) is 19.0 Å². The number of carbonyl (C=O) groups is 2. The van der Waals surface area contributed by atoms with E-state index in [1.165, 1.54) is 44.9 Å². The minimum Gasteiger partial charge on any atom is -0.462 e. The van der Waals surface area contributed by atoms with Crippen molar-refractivity contribution in [1.82, 2.24) is 0 Å². The van der Waals surface area contributed by atoms with Gasteiger partial charge in [0, 0.05) is 12.8 Å². The van der Waals surface area contributed by atoms with Gasteiger partial charge >= 0.3 is 19.8 Å². The summed E-state index contributed by atoms with van der Waals surface area (Å²) in [4.78, 5) is 35.3. The fourth-order valence-corrected chi connectivity index (χ4v) is 6.07. The number of ether oxygens (including phenoxy) is 2. The van der Waals surface area contributed by atoms with Gasteiger partial charge in [0.05, 0.1) is 27.7 Å². The average Bonchev–Trinajstić information content (AvgIpc) is 3.15. The van der Waals surface area contributed by atoms with Crippen LogP contribution in [0.4, 0.5) is 0 Å². The number of allylic oxidation sites excluding steroid dienone is 12. The topological polar surface area (TPSA) is 108 Å². The van der Waals surface area contributed by atoms with E-state index >= 15 is 0 Å². The summed E-state index contributed by atoms with van der Waals surface area (Å²) in [6.45, 7) is 4.20. The second kappa shape index (κ2) is 38.0. The molecule has 0 heterocycles. The lowest BCUT2D eigenvalue weighted by Gasteiger charge is -2.24. The fraction of sp³-hybridized carbons (Fsp3) is 0.696. The van der Waals surface area contributed by atoms with Crippen molar-refractivity contribution in [3.63, 3.8) is 0 Å². The molecule has 0 spiro atoms. The first kappa shape index (κ1) is 53.5. The van der Waals surface area contributed by atoms with E-state index in [4.69, 9.17) is 18.5 Å². The summed E-state index contributed by atoms with van der Waals surface area (Å²) in [5, 5.41) is 0. The van der Waals surface area contributed by atoms with Gasteiger partial charge in [-0.05, 0) is 83.5 Å². The van der Waals surface area contributed by atoms with Crippen LogP contribution < -0.4 is 0 Å². The van der Waals surface area contributed by atoms with Gasteiger partial charge in [0.25, 0.3) is 0 Å². The Morgan fingerprint density at radius 3 is 1.55 bits per heavy atom. The molecular weight excluding hydrogens is 725 g/mol. The van der Waals surface area contributed by atoms with Crippen molar-refractivity contribution in [3.8, 4) is 0 Å². The summed E-state index contributed by atoms with van der Waals surface area (Å²) in [6, 6.07) is 0. The maximum atomic E-state index is 12.7. The molecule has 9 nitrogen and oxygen atoms in total. The van der Waals surface area contributed by atoms with Gasteiger partial charge in [-0.25, -0.2) is 4.57 Å². The zero-order valence-corrected chi connectivity index (χ0v) is 37.0. The van der Waals surface area contributed by atoms with Gasteiger partial charge in [-0.2, -0.15) is 0 Å². The van der Waals surface area contributed by atoms with Crippen molar-refractivity contribution in [2.45, 2.75) is 161 Å². The first-order chi connectivity index (χ1) is 27.0. The first-order valence-electron chi connectivity index (χ1n) is 21.7. The minimum atomic E-state index is -4.39. The summed E-state index contributed by atoms with van der Waals surface area (Å²) in [5.74, 6) is -0.863. The number of phosphoric acid groups is 1. The molecule has 0 saturated heterocycles. The van der Waals surface area contributed by atoms with Crippen LogP contribution in [0.15, 0.2) is 72.9 Å². The normalized spacial score (nSPS) is 14.3. The molecular formula is C46H81NO8P+. The number of quaternary nitrogens is 1. The Morgan fingerprint density at radius 2 is 1.02 bits per heavy atom. The van der Waals surface area contributed by atoms with Crippen LogP contribution in [-0.2, 0) is 32.7 Å². The fourth-order valence-electron chi connectivity index (χ4n) is 5.33. The lowest BCUT2D eigenvalue weighted by Crippen LogP contribution is -2.37. The number of rotatable bonds is 38. The maximum Gasteiger partial charge on any atom is 0.472 e. The largest absolute Gasteiger partial charge is 0.472 e. The lowest BCUT2D eigenvalue weighted by molar-refractivity contribution is -0.870. The molecule has 0 aliphatic carbocycles. The van der Waals surface area contributed by atoms with Crippen LogP contribution in [0, 0.1) is 0 Å². The van der Waals surface area contributed by atoms with Crippen molar-refractivity contribution >= 4 is 19.8 Å². The third kappa shape index (κ3) is 41.1. The van der Waals surface area contributed by atoms with Crippen molar-refractivity contribution in [3.05, 3.63) is 72.9 Å². The number of unbranched alkanes of at least 4 members (excludes halogenated alkanes) is 12. The Labute approximate surface area is 342 Å². The molecule has 0 rings (SSSR count). The summed E-state index contributed by atoms with van der Waals surface area (Å²) in [6.07, 6.45) is 46.6. The van der Waals surface area contributed by atoms with Gasteiger partial charge in [0.15, 0.2) is 6.10 Å². The Kier molecular flexibility index (Phi) is 36.3. The molecule has 0 radical (unpaired) electrons. The Bertz CT molecular complexity index is 1180. The Hall–Kier alpha value is -2.55. The van der Waals surface area contributed by atoms with E-state index < -0.39 is 32.5 Å². The molecule has 1 N–H and O–H groups in total. The standard InChI is InChI=1S/C46H80NO8P/c1-6-8-10-12-14-16-18-20-22-23-25-26-28-30-32-34-36-38-45(48)52-42-44(43-54-56(50,51)53-41-40-47(3,4)5)55-46(49)39-37-35-33-31-29-27-24-21-19-17-15-13-11-9-7-2/h9,11,14-17,20-22,24,29,31,44H,6-8,10,12-13,18-19,23,25-28,30,32-43H2,1-5H3/p+1/b11-9-,16-14-,17-15-,22-20-,24-21-,31-29-/t44-/m1/s1. The smallest absolute Gasteiger partial charge is 0.462 e. The van der Waals surface area contributed by atoms with Gasteiger partial charge < -0.3 is 18.9 Å². The predicted molar refractivity (Wildman–Crippen MR) is 233 cm³/mol. The highest BCUT2D eigenvalue weighted by molar-refractivity contribution is 7.47. The van der Waals surface area contributed by atoms with Gasteiger partial charge in [-0.3, -0.25) is 18.6 Å². The van der Waals surface area contributed by atoms with E-state index in [1.807, 2.05) is 21.1 Å². The van der Waals surface area contributed by atoms with Crippen molar-refractivity contribution < 1.29 is 42.1 Å². The number of esters is 2. The molecule has 56 heavy (non-hydrogen) atoms. The molecule has 0 aliphatic heterocycles. The van der Waals surface area contributed by atoms with Gasteiger partial charge in [0.2, 0.25) is 0 Å². The second-order valence-corrected chi connectivity index (χ2v) is 16.8. The SMILES string of the molecule is CC/C=C\C/C=C\C/C=C\C/C=C\CCCCC(=O)O[C@H](COC(=O)CCCCCCCCC/C=C\C/C=C\CCCCC)COP(=O)(O)OCC[N+](C)(C)C. The monoisotopic (exact) mass is 807 g/mol. The van der Waals surface area contributed by atoms with Crippen LogP contribution >= 0.6 is 7.82 Å². The van der Waals surface area contributed by atoms with Crippen molar-refractivity contribution in [2.75, 3.05) is 47.5 Å². The van der Waals surface area contributed by atoms with Crippen LogP contribution in [0.1, 0.15) is 155 Å². The molecule has 0 aromatic heterocycles. The van der Waals surface area contributed by atoms with E-state index in [-0.39, 0.29) is 26.1 Å². The molecule has 0 fully saturated rings. The number of likely N-dealkylation sites (N-methyl/N-ethyl adjacent to an activating group) is 1. The third-order valence-corrected chi connectivity index (χ3v) is 9.70. The van der Waals surface area contributed by atoms with E-state index in [1.54, 1.807) is 0 Å². The van der Waals surface area contributed by atoms with Crippen molar-refractivity contribution in [2.24, 2.45) is 0 Å². The van der Waals surface area contributed by atoms with Crippen molar-refractivity contribution in [1.29, 1.82) is 0 Å². The molecule has 0 aromatic carbocycles. The summed E-state index contributed by atoms with van der Waals surface area (Å²) < 4.78 is 34.2. The van der Waals surface area contributed by atoms with Gasteiger partial charge in [-0.15, -0.1) is 0 Å². The lowest BCUT2D eigenvalue weighted by atomic mass is 10.1. The minimum absolute atomic E-state index is 0.0186. The summed E-state index contributed by atoms with van der Waals surface area (Å²) >= 11 is 0. The second-order valence-electron chi connectivity index (χ2n) is 15.3. The molecule has 0 bridgehead atoms. The summed E-state index contributed by atoms with van der Waals surface area (Å²) in [7, 11) is 1.43.